The second-order valence-corrected chi connectivity index (χ2v) is 6.59. The number of carbonyl (C=O) groups excluding carboxylic acids is 1. The zero-order chi connectivity index (χ0) is 20.1. The fourth-order valence-corrected chi connectivity index (χ4v) is 3.10. The van der Waals surface area contributed by atoms with Crippen LogP contribution in [0.4, 0.5) is 17.6 Å². The first-order valence-corrected chi connectivity index (χ1v) is 8.77. The molecule has 0 fully saturated rings. The Morgan fingerprint density at radius 2 is 1.93 bits per heavy atom. The van der Waals surface area contributed by atoms with Crippen LogP contribution in [-0.4, -0.2) is 28.7 Å². The maximum absolute atomic E-state index is 13.8. The van der Waals surface area contributed by atoms with Crippen molar-refractivity contribution in [3.8, 4) is 16.5 Å². The fraction of sp³-hybridized carbons (Fsp3) is 0.167. The van der Waals surface area contributed by atoms with E-state index in [0.29, 0.717) is 10.6 Å². The van der Waals surface area contributed by atoms with E-state index in [1.165, 1.54) is 30.6 Å². The highest BCUT2D eigenvalue weighted by Crippen LogP contribution is 2.27. The quantitative estimate of drug-likeness (QED) is 0.617. The first-order valence-electron chi connectivity index (χ1n) is 7.96. The highest BCUT2D eigenvalue weighted by atomic mass is 32.1. The summed E-state index contributed by atoms with van der Waals surface area (Å²) in [6, 6.07) is 9.06. The number of ether oxygens (including phenoxy) is 1. The van der Waals surface area contributed by atoms with Crippen LogP contribution in [0.2, 0.25) is 0 Å². The van der Waals surface area contributed by atoms with Crippen molar-refractivity contribution in [2.75, 3.05) is 6.61 Å². The summed E-state index contributed by atoms with van der Waals surface area (Å²) in [6.07, 6.45) is -1.89. The summed E-state index contributed by atoms with van der Waals surface area (Å²) in [7, 11) is 0. The predicted molar refractivity (Wildman–Crippen MR) is 94.5 cm³/mol. The molecule has 146 valence electrons. The summed E-state index contributed by atoms with van der Waals surface area (Å²) in [5, 5.41) is 2.91. The van der Waals surface area contributed by atoms with Crippen LogP contribution < -0.4 is 10.1 Å². The fourth-order valence-electron chi connectivity index (χ4n) is 2.24. The molecule has 10 heteroatoms. The van der Waals surface area contributed by atoms with Crippen molar-refractivity contribution in [1.82, 2.24) is 15.3 Å². The van der Waals surface area contributed by atoms with Crippen molar-refractivity contribution in [1.29, 1.82) is 0 Å². The van der Waals surface area contributed by atoms with Gasteiger partial charge >= 0.3 is 6.18 Å². The first kappa shape index (κ1) is 19.7. The number of benzene rings is 1. The molecule has 0 aliphatic carbocycles. The lowest BCUT2D eigenvalue weighted by Gasteiger charge is -2.12. The van der Waals surface area contributed by atoms with Gasteiger partial charge in [-0.2, -0.15) is 13.2 Å². The van der Waals surface area contributed by atoms with E-state index in [2.05, 4.69) is 20.0 Å². The zero-order valence-electron chi connectivity index (χ0n) is 14.2. The van der Waals surface area contributed by atoms with Gasteiger partial charge in [0.15, 0.2) is 6.61 Å². The van der Waals surface area contributed by atoms with Gasteiger partial charge in [0.05, 0.1) is 6.20 Å². The molecule has 0 aliphatic rings. The molecule has 0 spiro atoms. The van der Waals surface area contributed by atoms with Crippen LogP contribution >= 0.6 is 11.3 Å². The highest BCUT2D eigenvalue weighted by molar-refractivity contribution is 7.16. The van der Waals surface area contributed by atoms with Gasteiger partial charge in [-0.25, -0.2) is 14.4 Å². The molecule has 1 aromatic carbocycles. The molecule has 0 saturated carbocycles. The van der Waals surface area contributed by atoms with Gasteiger partial charge in [-0.05, 0) is 18.2 Å². The van der Waals surface area contributed by atoms with Crippen LogP contribution in [0.1, 0.15) is 15.2 Å². The van der Waals surface area contributed by atoms with E-state index in [4.69, 9.17) is 0 Å². The van der Waals surface area contributed by atoms with Crippen molar-refractivity contribution >= 4 is 17.2 Å². The molecule has 2 heterocycles. The Hall–Kier alpha value is -3.01. The second-order valence-electron chi connectivity index (χ2n) is 5.56. The monoisotopic (exact) mass is 411 g/mol. The molecule has 3 aromatic rings. The Morgan fingerprint density at radius 1 is 1.14 bits per heavy atom. The minimum absolute atomic E-state index is 0.0905. The Kier molecular flexibility index (Phi) is 5.88. The summed E-state index contributed by atoms with van der Waals surface area (Å²) in [6.45, 7) is -1.57. The molecule has 0 saturated heterocycles. The van der Waals surface area contributed by atoms with Gasteiger partial charge in [-0.1, -0.05) is 18.2 Å². The third-order valence-corrected chi connectivity index (χ3v) is 4.53. The lowest BCUT2D eigenvalue weighted by molar-refractivity contribution is -0.154. The van der Waals surface area contributed by atoms with E-state index < -0.39 is 24.5 Å². The molecule has 5 nitrogen and oxygen atoms in total. The van der Waals surface area contributed by atoms with Crippen molar-refractivity contribution in [2.24, 2.45) is 0 Å². The number of rotatable bonds is 6. The number of pyridine rings is 1. The molecular weight excluding hydrogens is 398 g/mol. The predicted octanol–water partition coefficient (Wildman–Crippen LogP) is 4.22. The Bertz CT molecular complexity index is 975. The van der Waals surface area contributed by atoms with E-state index >= 15 is 0 Å². The number of alkyl halides is 3. The van der Waals surface area contributed by atoms with Crippen molar-refractivity contribution < 1.29 is 27.1 Å². The van der Waals surface area contributed by atoms with Crippen LogP contribution in [0, 0.1) is 5.82 Å². The minimum atomic E-state index is -4.50. The van der Waals surface area contributed by atoms with Gasteiger partial charge < -0.3 is 10.1 Å². The number of carbonyl (C=O) groups is 1. The molecule has 1 N–H and O–H groups in total. The molecule has 0 radical (unpaired) electrons. The van der Waals surface area contributed by atoms with Crippen molar-refractivity contribution in [3.05, 3.63) is 65.0 Å². The molecule has 3 rings (SSSR count). The Balaban J connectivity index is 1.66. The number of thiazole rings is 1. The van der Waals surface area contributed by atoms with Crippen LogP contribution in [0.3, 0.4) is 0 Å². The van der Waals surface area contributed by atoms with Gasteiger partial charge in [0.25, 0.3) is 5.91 Å². The standard InChI is InChI=1S/C18H13F4N3O2S/c19-13-6-2-1-5-12(13)17-25-9-14(28-17)15(26)24-8-11-4-3-7-23-16(11)27-10-18(20,21)22/h1-7,9H,8,10H2,(H,24,26). The van der Waals surface area contributed by atoms with Crippen LogP contribution in [0.15, 0.2) is 48.8 Å². The van der Waals surface area contributed by atoms with Gasteiger partial charge in [0, 0.05) is 23.9 Å². The molecule has 1 amide bonds. The van der Waals surface area contributed by atoms with E-state index in [9.17, 15) is 22.4 Å². The molecule has 0 atom stereocenters. The average Bonchev–Trinajstić information content (AvgIpc) is 3.15. The number of halogens is 4. The average molecular weight is 411 g/mol. The largest absolute Gasteiger partial charge is 0.468 e. The number of hydrogen-bond acceptors (Lipinski definition) is 5. The summed E-state index contributed by atoms with van der Waals surface area (Å²) in [5.74, 6) is -1.16. The van der Waals surface area contributed by atoms with E-state index in [-0.39, 0.29) is 22.9 Å². The van der Waals surface area contributed by atoms with Gasteiger partial charge in [0.2, 0.25) is 5.88 Å². The van der Waals surface area contributed by atoms with E-state index in [1.807, 2.05) is 0 Å². The summed E-state index contributed by atoms with van der Waals surface area (Å²) < 4.78 is 55.5. The number of amides is 1. The van der Waals surface area contributed by atoms with E-state index in [1.54, 1.807) is 18.2 Å². The van der Waals surface area contributed by atoms with Gasteiger partial charge in [0.1, 0.15) is 15.7 Å². The van der Waals surface area contributed by atoms with Crippen molar-refractivity contribution in [3.63, 3.8) is 0 Å². The number of nitrogens with one attached hydrogen (secondary N) is 1. The maximum Gasteiger partial charge on any atom is 0.422 e. The zero-order valence-corrected chi connectivity index (χ0v) is 15.0. The third kappa shape index (κ3) is 5.03. The summed E-state index contributed by atoms with van der Waals surface area (Å²) in [5.41, 5.74) is 0.570. The molecular formula is C18H13F4N3O2S. The third-order valence-electron chi connectivity index (χ3n) is 3.50. The van der Waals surface area contributed by atoms with Gasteiger partial charge in [-0.15, -0.1) is 11.3 Å². The molecule has 0 unspecified atom stereocenters. The molecule has 0 aliphatic heterocycles. The summed E-state index contributed by atoms with van der Waals surface area (Å²) in [4.78, 5) is 20.4. The SMILES string of the molecule is O=C(NCc1cccnc1OCC(F)(F)F)c1cnc(-c2ccccc2F)s1. The highest BCUT2D eigenvalue weighted by Gasteiger charge is 2.29. The lowest BCUT2D eigenvalue weighted by atomic mass is 10.2. The molecule has 0 bridgehead atoms. The normalized spacial score (nSPS) is 11.3. The minimum Gasteiger partial charge on any atom is -0.468 e. The Morgan fingerprint density at radius 3 is 2.68 bits per heavy atom. The lowest BCUT2D eigenvalue weighted by Crippen LogP contribution is -2.24. The van der Waals surface area contributed by atoms with Gasteiger partial charge in [-0.3, -0.25) is 4.79 Å². The smallest absolute Gasteiger partial charge is 0.422 e. The maximum atomic E-state index is 13.8. The molecule has 2 aromatic heterocycles. The van der Waals surface area contributed by atoms with Crippen LogP contribution in [0.5, 0.6) is 5.88 Å². The van der Waals surface area contributed by atoms with E-state index in [0.717, 1.165) is 11.3 Å². The number of aromatic nitrogens is 2. The summed E-state index contributed by atoms with van der Waals surface area (Å²) >= 11 is 1.00. The Labute approximate surface area is 161 Å². The van der Waals surface area contributed by atoms with Crippen molar-refractivity contribution in [2.45, 2.75) is 12.7 Å². The number of hydrogen-bond donors (Lipinski definition) is 1. The van der Waals surface area contributed by atoms with Crippen LogP contribution in [0.25, 0.3) is 10.6 Å². The first-order chi connectivity index (χ1) is 13.3. The number of nitrogens with zero attached hydrogens (tertiary/aromatic N) is 2. The topological polar surface area (TPSA) is 64.1 Å². The van der Waals surface area contributed by atoms with Crippen LogP contribution in [-0.2, 0) is 6.54 Å². The second kappa shape index (κ2) is 8.34. The molecule has 28 heavy (non-hydrogen) atoms.